The summed E-state index contributed by atoms with van der Waals surface area (Å²) in [5.74, 6) is 1.04. The molecule has 3 heterocycles. The molecule has 1 aromatic rings. The number of nitrogens with one attached hydrogen (secondary N) is 1. The SMILES string of the molecule is O=C(CNC(=O)N1CC(F)C1)N1CCC(c2ccc(Cl)cc2OCCN2CCCC2)CC1. The van der Waals surface area contributed by atoms with Crippen LogP contribution < -0.4 is 10.1 Å². The van der Waals surface area contributed by atoms with Crippen molar-refractivity contribution >= 4 is 23.5 Å². The van der Waals surface area contributed by atoms with E-state index in [9.17, 15) is 14.0 Å². The van der Waals surface area contributed by atoms with Crippen molar-refractivity contribution in [2.24, 2.45) is 0 Å². The Hall–Kier alpha value is -2.06. The summed E-state index contributed by atoms with van der Waals surface area (Å²) in [4.78, 5) is 29.9. The zero-order valence-corrected chi connectivity index (χ0v) is 19.2. The third-order valence-corrected chi connectivity index (χ3v) is 6.88. The molecule has 0 unspecified atom stereocenters. The molecule has 0 aliphatic carbocycles. The van der Waals surface area contributed by atoms with Crippen molar-refractivity contribution in [1.82, 2.24) is 20.0 Å². The molecular weight excluding hydrogens is 435 g/mol. The van der Waals surface area contributed by atoms with Crippen molar-refractivity contribution in [3.8, 4) is 5.75 Å². The molecule has 7 nitrogen and oxygen atoms in total. The Morgan fingerprint density at radius 3 is 2.50 bits per heavy atom. The molecule has 3 aliphatic heterocycles. The van der Waals surface area contributed by atoms with E-state index < -0.39 is 6.17 Å². The fraction of sp³-hybridized carbons (Fsp3) is 0.652. The summed E-state index contributed by atoms with van der Waals surface area (Å²) in [6.45, 7) is 5.28. The Labute approximate surface area is 193 Å². The van der Waals surface area contributed by atoms with Crippen LogP contribution in [0.4, 0.5) is 9.18 Å². The van der Waals surface area contributed by atoms with Crippen molar-refractivity contribution in [3.05, 3.63) is 28.8 Å². The minimum atomic E-state index is -0.947. The molecule has 0 saturated carbocycles. The minimum absolute atomic E-state index is 0.0528. The Balaban J connectivity index is 1.25. The molecule has 0 aromatic heterocycles. The van der Waals surface area contributed by atoms with Gasteiger partial charge in [-0.2, -0.15) is 0 Å². The number of alkyl halides is 1. The molecule has 4 rings (SSSR count). The smallest absolute Gasteiger partial charge is 0.318 e. The second-order valence-corrected chi connectivity index (χ2v) is 9.33. The highest BCUT2D eigenvalue weighted by Gasteiger charge is 2.31. The summed E-state index contributed by atoms with van der Waals surface area (Å²) < 4.78 is 19.0. The number of benzene rings is 1. The predicted molar refractivity (Wildman–Crippen MR) is 121 cm³/mol. The lowest BCUT2D eigenvalue weighted by molar-refractivity contribution is -0.131. The molecule has 0 atom stereocenters. The molecule has 176 valence electrons. The van der Waals surface area contributed by atoms with Gasteiger partial charge in [-0.15, -0.1) is 0 Å². The van der Waals surface area contributed by atoms with E-state index in [-0.39, 0.29) is 31.6 Å². The van der Waals surface area contributed by atoms with Crippen LogP contribution in [-0.2, 0) is 4.79 Å². The number of urea groups is 1. The zero-order valence-electron chi connectivity index (χ0n) is 18.4. The number of carbonyl (C=O) groups excluding carboxylic acids is 2. The van der Waals surface area contributed by atoms with Crippen molar-refractivity contribution in [3.63, 3.8) is 0 Å². The highest BCUT2D eigenvalue weighted by Crippen LogP contribution is 2.36. The van der Waals surface area contributed by atoms with Gasteiger partial charge in [0.2, 0.25) is 5.91 Å². The molecule has 0 radical (unpaired) electrons. The maximum atomic E-state index is 12.9. The summed E-state index contributed by atoms with van der Waals surface area (Å²) >= 11 is 6.23. The van der Waals surface area contributed by atoms with Crippen molar-refractivity contribution in [1.29, 1.82) is 0 Å². The second-order valence-electron chi connectivity index (χ2n) is 8.90. The molecule has 0 spiro atoms. The first-order valence-electron chi connectivity index (χ1n) is 11.6. The molecular formula is C23H32ClFN4O3. The van der Waals surface area contributed by atoms with Crippen LogP contribution in [0.25, 0.3) is 0 Å². The fourth-order valence-electron chi connectivity index (χ4n) is 4.67. The van der Waals surface area contributed by atoms with Crippen LogP contribution in [-0.4, -0.2) is 91.8 Å². The molecule has 1 N–H and O–H groups in total. The molecule has 32 heavy (non-hydrogen) atoms. The molecule has 1 aromatic carbocycles. The Kier molecular flexibility index (Phi) is 7.73. The van der Waals surface area contributed by atoms with E-state index >= 15 is 0 Å². The van der Waals surface area contributed by atoms with Crippen LogP contribution in [0.5, 0.6) is 5.75 Å². The highest BCUT2D eigenvalue weighted by atomic mass is 35.5. The molecule has 3 aliphatic rings. The first kappa shape index (κ1) is 23.1. The van der Waals surface area contributed by atoms with E-state index in [1.165, 1.54) is 17.7 Å². The number of rotatable bonds is 7. The van der Waals surface area contributed by atoms with Gasteiger partial charge < -0.3 is 19.9 Å². The van der Waals surface area contributed by atoms with Crippen LogP contribution in [0.3, 0.4) is 0 Å². The van der Waals surface area contributed by atoms with Gasteiger partial charge in [-0.1, -0.05) is 17.7 Å². The number of nitrogens with zero attached hydrogens (tertiary/aromatic N) is 3. The second kappa shape index (κ2) is 10.7. The zero-order chi connectivity index (χ0) is 22.5. The maximum Gasteiger partial charge on any atom is 0.318 e. The summed E-state index contributed by atoms with van der Waals surface area (Å²) in [6.07, 6.45) is 3.25. The van der Waals surface area contributed by atoms with E-state index in [1.54, 1.807) is 4.90 Å². The monoisotopic (exact) mass is 466 g/mol. The van der Waals surface area contributed by atoms with Crippen molar-refractivity contribution in [2.45, 2.75) is 37.8 Å². The van der Waals surface area contributed by atoms with E-state index in [0.717, 1.165) is 43.8 Å². The molecule has 3 fully saturated rings. The minimum Gasteiger partial charge on any atom is -0.492 e. The van der Waals surface area contributed by atoms with E-state index in [1.807, 2.05) is 18.2 Å². The number of carbonyl (C=O) groups is 2. The van der Waals surface area contributed by atoms with Gasteiger partial charge in [0.1, 0.15) is 18.5 Å². The van der Waals surface area contributed by atoms with Crippen molar-refractivity contribution in [2.75, 3.05) is 59.0 Å². The Morgan fingerprint density at radius 2 is 1.81 bits per heavy atom. The normalized spacial score (nSPS) is 20.3. The van der Waals surface area contributed by atoms with Crippen molar-refractivity contribution < 1.29 is 18.7 Å². The highest BCUT2D eigenvalue weighted by molar-refractivity contribution is 6.30. The average Bonchev–Trinajstić information content (AvgIpc) is 3.29. The van der Waals surface area contributed by atoms with Gasteiger partial charge in [0.25, 0.3) is 0 Å². The molecule has 3 saturated heterocycles. The van der Waals surface area contributed by atoms with Gasteiger partial charge in [-0.25, -0.2) is 9.18 Å². The van der Waals surface area contributed by atoms with E-state index in [4.69, 9.17) is 16.3 Å². The number of likely N-dealkylation sites (tertiary alicyclic amines) is 3. The first-order valence-corrected chi connectivity index (χ1v) is 12.0. The third-order valence-electron chi connectivity index (χ3n) is 6.64. The number of hydrogen-bond donors (Lipinski definition) is 1. The number of halogens is 2. The number of hydrogen-bond acceptors (Lipinski definition) is 4. The average molecular weight is 467 g/mol. The lowest BCUT2D eigenvalue weighted by Gasteiger charge is -2.35. The first-order chi connectivity index (χ1) is 15.5. The van der Waals surface area contributed by atoms with Gasteiger partial charge in [0.15, 0.2) is 0 Å². The Bertz CT molecular complexity index is 806. The van der Waals surface area contributed by atoms with Crippen LogP contribution in [0.2, 0.25) is 5.02 Å². The standard InChI is InChI=1S/C23H32ClFN4O3/c24-18-3-4-20(21(13-18)32-12-11-27-7-1-2-8-27)17-5-9-28(10-6-17)22(30)14-26-23(31)29-15-19(25)16-29/h3-4,13,17,19H,1-2,5-12,14-16H2,(H,26,31). The lowest BCUT2D eigenvalue weighted by atomic mass is 9.88. The lowest BCUT2D eigenvalue weighted by Crippen LogP contribution is -2.56. The summed E-state index contributed by atoms with van der Waals surface area (Å²) in [6, 6.07) is 5.46. The van der Waals surface area contributed by atoms with Gasteiger partial charge >= 0.3 is 6.03 Å². The topological polar surface area (TPSA) is 65.1 Å². The summed E-state index contributed by atoms with van der Waals surface area (Å²) in [5.41, 5.74) is 1.15. The number of piperidine rings is 1. The molecule has 9 heteroatoms. The van der Waals surface area contributed by atoms with Gasteiger partial charge in [-0.3, -0.25) is 9.69 Å². The molecule has 0 bridgehead atoms. The van der Waals surface area contributed by atoms with E-state index in [0.29, 0.717) is 30.6 Å². The molecule has 3 amide bonds. The summed E-state index contributed by atoms with van der Waals surface area (Å²) in [7, 11) is 0. The Morgan fingerprint density at radius 1 is 1.09 bits per heavy atom. The van der Waals surface area contributed by atoms with Gasteiger partial charge in [0.05, 0.1) is 19.6 Å². The fourth-order valence-corrected chi connectivity index (χ4v) is 4.83. The van der Waals surface area contributed by atoms with Crippen LogP contribution >= 0.6 is 11.6 Å². The van der Waals surface area contributed by atoms with Crippen LogP contribution in [0, 0.1) is 0 Å². The largest absolute Gasteiger partial charge is 0.492 e. The van der Waals surface area contributed by atoms with Gasteiger partial charge in [-0.05, 0) is 62.4 Å². The summed E-state index contributed by atoms with van der Waals surface area (Å²) in [5, 5.41) is 3.26. The van der Waals surface area contributed by atoms with Gasteiger partial charge in [0, 0.05) is 24.7 Å². The van der Waals surface area contributed by atoms with Crippen LogP contribution in [0.15, 0.2) is 18.2 Å². The van der Waals surface area contributed by atoms with Crippen LogP contribution in [0.1, 0.15) is 37.2 Å². The maximum absolute atomic E-state index is 12.9. The number of amides is 3. The van der Waals surface area contributed by atoms with E-state index in [2.05, 4.69) is 10.2 Å². The predicted octanol–water partition coefficient (Wildman–Crippen LogP) is 2.88. The quantitative estimate of drug-likeness (QED) is 0.671. The number of ether oxygens (including phenoxy) is 1. The third kappa shape index (κ3) is 5.84.